The summed E-state index contributed by atoms with van der Waals surface area (Å²) >= 11 is 0. The van der Waals surface area contributed by atoms with E-state index in [-0.39, 0.29) is 5.54 Å². The number of hydrogen-bond acceptors (Lipinski definition) is 2. The van der Waals surface area contributed by atoms with Crippen LogP contribution < -0.4 is 5.73 Å². The van der Waals surface area contributed by atoms with Gasteiger partial charge in [-0.3, -0.25) is 4.68 Å². The molecule has 3 heteroatoms. The Morgan fingerprint density at radius 1 is 1.19 bits per heavy atom. The molecule has 3 nitrogen and oxygen atoms in total. The Hall–Kier alpha value is -1.61. The van der Waals surface area contributed by atoms with E-state index in [4.69, 9.17) is 5.73 Å². The number of benzene rings is 1. The first kappa shape index (κ1) is 14.3. The van der Waals surface area contributed by atoms with Crippen molar-refractivity contribution in [2.45, 2.75) is 50.0 Å². The zero-order chi connectivity index (χ0) is 14.7. The highest BCUT2D eigenvalue weighted by Crippen LogP contribution is 2.38. The molecule has 0 atom stereocenters. The van der Waals surface area contributed by atoms with Crippen molar-refractivity contribution < 1.29 is 0 Å². The van der Waals surface area contributed by atoms with E-state index in [9.17, 15) is 0 Å². The third-order valence-electron chi connectivity index (χ3n) is 5.05. The predicted octanol–water partition coefficient (Wildman–Crippen LogP) is 3.41. The molecular weight excluding hydrogens is 258 g/mol. The third-order valence-corrected chi connectivity index (χ3v) is 5.05. The SMILES string of the molecule is Cn1nccc1CCC1(N)CCC(c2ccccc2)CC1. The molecule has 1 aliphatic rings. The highest BCUT2D eigenvalue weighted by molar-refractivity contribution is 5.20. The standard InChI is InChI=1S/C18H25N3/c1-21-17(10-14-20-21)9-13-18(19)11-7-16(8-12-18)15-5-3-2-4-6-15/h2-6,10,14,16H,7-9,11-13,19H2,1H3. The number of aryl methyl sites for hydroxylation is 2. The van der Waals surface area contributed by atoms with Gasteiger partial charge in [0.1, 0.15) is 0 Å². The predicted molar refractivity (Wildman–Crippen MR) is 86.1 cm³/mol. The van der Waals surface area contributed by atoms with Crippen LogP contribution in [0.15, 0.2) is 42.6 Å². The number of nitrogens with two attached hydrogens (primary N) is 1. The normalized spacial score (nSPS) is 25.9. The highest BCUT2D eigenvalue weighted by atomic mass is 15.2. The molecule has 0 spiro atoms. The van der Waals surface area contributed by atoms with E-state index >= 15 is 0 Å². The fraction of sp³-hybridized carbons (Fsp3) is 0.500. The summed E-state index contributed by atoms with van der Waals surface area (Å²) in [6, 6.07) is 13.0. The van der Waals surface area contributed by atoms with Crippen LogP contribution >= 0.6 is 0 Å². The summed E-state index contributed by atoms with van der Waals surface area (Å²) in [7, 11) is 2.00. The highest BCUT2D eigenvalue weighted by Gasteiger charge is 2.31. The molecule has 21 heavy (non-hydrogen) atoms. The molecule has 2 N–H and O–H groups in total. The number of aromatic nitrogens is 2. The third kappa shape index (κ3) is 3.35. The van der Waals surface area contributed by atoms with Crippen molar-refractivity contribution in [3.05, 3.63) is 53.9 Å². The molecule has 0 amide bonds. The van der Waals surface area contributed by atoms with Crippen LogP contribution in [0.4, 0.5) is 0 Å². The topological polar surface area (TPSA) is 43.8 Å². The Bertz CT molecular complexity index is 565. The molecule has 1 saturated carbocycles. The summed E-state index contributed by atoms with van der Waals surface area (Å²) < 4.78 is 1.96. The van der Waals surface area contributed by atoms with Crippen molar-refractivity contribution in [3.8, 4) is 0 Å². The van der Waals surface area contributed by atoms with Gasteiger partial charge in [-0.1, -0.05) is 30.3 Å². The average molecular weight is 283 g/mol. The van der Waals surface area contributed by atoms with Crippen LogP contribution in [0.3, 0.4) is 0 Å². The molecule has 1 aliphatic carbocycles. The lowest BCUT2D eigenvalue weighted by Gasteiger charge is -2.37. The number of hydrogen-bond donors (Lipinski definition) is 1. The maximum atomic E-state index is 6.64. The van der Waals surface area contributed by atoms with Gasteiger partial charge in [-0.05, 0) is 56.1 Å². The van der Waals surface area contributed by atoms with Crippen LogP contribution in [0.1, 0.15) is 49.3 Å². The molecular formula is C18H25N3. The fourth-order valence-corrected chi connectivity index (χ4v) is 3.52. The smallest absolute Gasteiger partial charge is 0.0492 e. The van der Waals surface area contributed by atoms with E-state index in [0.717, 1.165) is 25.7 Å². The first-order chi connectivity index (χ1) is 10.2. The van der Waals surface area contributed by atoms with Gasteiger partial charge in [0, 0.05) is 24.5 Å². The maximum Gasteiger partial charge on any atom is 0.0492 e. The summed E-state index contributed by atoms with van der Waals surface area (Å²) in [5.41, 5.74) is 9.41. The quantitative estimate of drug-likeness (QED) is 0.934. The van der Waals surface area contributed by atoms with Gasteiger partial charge in [0.25, 0.3) is 0 Å². The van der Waals surface area contributed by atoms with Crippen LogP contribution in [0.5, 0.6) is 0 Å². The minimum absolute atomic E-state index is 0.00947. The molecule has 0 bridgehead atoms. The molecule has 112 valence electrons. The summed E-state index contributed by atoms with van der Waals surface area (Å²) in [6.07, 6.45) is 8.65. The zero-order valence-electron chi connectivity index (χ0n) is 12.8. The van der Waals surface area contributed by atoms with Gasteiger partial charge >= 0.3 is 0 Å². The van der Waals surface area contributed by atoms with Gasteiger partial charge in [-0.2, -0.15) is 5.10 Å². The van der Waals surface area contributed by atoms with Gasteiger partial charge in [0.15, 0.2) is 0 Å². The fourth-order valence-electron chi connectivity index (χ4n) is 3.52. The van der Waals surface area contributed by atoms with Gasteiger partial charge in [0.05, 0.1) is 0 Å². The summed E-state index contributed by atoms with van der Waals surface area (Å²) in [5.74, 6) is 0.694. The molecule has 0 aliphatic heterocycles. The van der Waals surface area contributed by atoms with Crippen LogP contribution in [-0.2, 0) is 13.5 Å². The second-order valence-corrected chi connectivity index (χ2v) is 6.49. The van der Waals surface area contributed by atoms with Gasteiger partial charge in [-0.15, -0.1) is 0 Å². The Morgan fingerprint density at radius 2 is 1.90 bits per heavy atom. The first-order valence-electron chi connectivity index (χ1n) is 7.97. The first-order valence-corrected chi connectivity index (χ1v) is 7.97. The lowest BCUT2D eigenvalue weighted by molar-refractivity contribution is 0.256. The van der Waals surface area contributed by atoms with Gasteiger partial charge in [-0.25, -0.2) is 0 Å². The van der Waals surface area contributed by atoms with Crippen LogP contribution in [0.25, 0.3) is 0 Å². The second kappa shape index (κ2) is 6.02. The second-order valence-electron chi connectivity index (χ2n) is 6.49. The average Bonchev–Trinajstić information content (AvgIpc) is 2.92. The zero-order valence-corrected chi connectivity index (χ0v) is 12.8. The van der Waals surface area contributed by atoms with E-state index < -0.39 is 0 Å². The molecule has 3 rings (SSSR count). The van der Waals surface area contributed by atoms with Gasteiger partial charge < -0.3 is 5.73 Å². The van der Waals surface area contributed by atoms with E-state index in [0.29, 0.717) is 5.92 Å². The Morgan fingerprint density at radius 3 is 2.52 bits per heavy atom. The lowest BCUT2D eigenvalue weighted by Crippen LogP contribution is -2.43. The molecule has 0 unspecified atom stereocenters. The van der Waals surface area contributed by atoms with Crippen molar-refractivity contribution in [1.29, 1.82) is 0 Å². The minimum Gasteiger partial charge on any atom is -0.325 e. The Labute approximate surface area is 127 Å². The molecule has 2 aromatic rings. The van der Waals surface area contributed by atoms with E-state index in [1.54, 1.807) is 0 Å². The lowest BCUT2D eigenvalue weighted by atomic mass is 9.72. The van der Waals surface area contributed by atoms with E-state index in [1.807, 2.05) is 17.9 Å². The molecule has 1 heterocycles. The Balaban J connectivity index is 1.56. The molecule has 1 aromatic carbocycles. The van der Waals surface area contributed by atoms with Crippen LogP contribution in [0.2, 0.25) is 0 Å². The minimum atomic E-state index is 0.00947. The monoisotopic (exact) mass is 283 g/mol. The van der Waals surface area contributed by atoms with Crippen molar-refractivity contribution in [2.24, 2.45) is 12.8 Å². The number of rotatable bonds is 4. The molecule has 0 saturated heterocycles. The summed E-state index contributed by atoms with van der Waals surface area (Å²) in [5, 5.41) is 4.23. The van der Waals surface area contributed by atoms with E-state index in [1.165, 1.54) is 24.1 Å². The molecule has 0 radical (unpaired) electrons. The Kier molecular flexibility index (Phi) is 4.11. The maximum absolute atomic E-state index is 6.64. The molecule has 1 fully saturated rings. The van der Waals surface area contributed by atoms with Gasteiger partial charge in [0.2, 0.25) is 0 Å². The van der Waals surface area contributed by atoms with E-state index in [2.05, 4.69) is 41.5 Å². The van der Waals surface area contributed by atoms with Crippen LogP contribution in [-0.4, -0.2) is 15.3 Å². The molecule has 1 aromatic heterocycles. The largest absolute Gasteiger partial charge is 0.325 e. The summed E-state index contributed by atoms with van der Waals surface area (Å²) in [6.45, 7) is 0. The summed E-state index contributed by atoms with van der Waals surface area (Å²) in [4.78, 5) is 0. The van der Waals surface area contributed by atoms with Crippen molar-refractivity contribution in [2.75, 3.05) is 0 Å². The van der Waals surface area contributed by atoms with Crippen LogP contribution in [0, 0.1) is 0 Å². The van der Waals surface area contributed by atoms with Crippen molar-refractivity contribution in [3.63, 3.8) is 0 Å². The number of nitrogens with zero attached hydrogens (tertiary/aromatic N) is 2. The van der Waals surface area contributed by atoms with Crippen molar-refractivity contribution >= 4 is 0 Å². The van der Waals surface area contributed by atoms with Crippen molar-refractivity contribution in [1.82, 2.24) is 9.78 Å².